The minimum absolute atomic E-state index is 0.106. The summed E-state index contributed by atoms with van der Waals surface area (Å²) in [6.07, 6.45) is 5.55. The molecular formula is C16H19NO4. The summed E-state index contributed by atoms with van der Waals surface area (Å²) < 4.78 is 5.28. The molecule has 0 saturated heterocycles. The normalized spacial score (nSPS) is 21.6. The number of carboxylic acid groups (broad SMARTS) is 1. The molecule has 1 aromatic carbocycles. The zero-order chi connectivity index (χ0) is 15.2. The summed E-state index contributed by atoms with van der Waals surface area (Å²) in [6.45, 7) is 0. The summed E-state index contributed by atoms with van der Waals surface area (Å²) in [5.74, 6) is -1.10. The molecule has 2 N–H and O–H groups in total. The number of carbonyl (C=O) groups is 2. The maximum Gasteiger partial charge on any atom is 0.328 e. The molecule has 0 spiro atoms. The molecule has 1 aliphatic rings. The van der Waals surface area contributed by atoms with Crippen molar-refractivity contribution in [1.29, 1.82) is 0 Å². The van der Waals surface area contributed by atoms with Gasteiger partial charge in [-0.1, -0.05) is 12.1 Å². The van der Waals surface area contributed by atoms with Crippen LogP contribution in [0, 0.1) is 0 Å². The highest BCUT2D eigenvalue weighted by Gasteiger charge is 2.25. The first kappa shape index (κ1) is 15.3. The molecule has 0 radical (unpaired) electrons. The molecule has 0 bridgehead atoms. The SMILES string of the molecule is COC1CCC(NC(=O)c2ccc(/C=C/C(=O)O)cc2)C1. The second-order valence-corrected chi connectivity index (χ2v) is 5.13. The number of hydrogen-bond donors (Lipinski definition) is 2. The van der Waals surface area contributed by atoms with Crippen LogP contribution in [0.1, 0.15) is 35.2 Å². The zero-order valence-corrected chi connectivity index (χ0v) is 11.9. The van der Waals surface area contributed by atoms with Crippen LogP contribution in [0.4, 0.5) is 0 Å². The topological polar surface area (TPSA) is 75.6 Å². The van der Waals surface area contributed by atoms with Gasteiger partial charge >= 0.3 is 5.97 Å². The van der Waals surface area contributed by atoms with Crippen LogP contribution in [0.3, 0.4) is 0 Å². The van der Waals surface area contributed by atoms with Gasteiger partial charge in [0.1, 0.15) is 0 Å². The van der Waals surface area contributed by atoms with Crippen molar-refractivity contribution in [2.75, 3.05) is 7.11 Å². The third kappa shape index (κ3) is 4.43. The van der Waals surface area contributed by atoms with Crippen LogP contribution in [0.15, 0.2) is 30.3 Å². The van der Waals surface area contributed by atoms with E-state index in [-0.39, 0.29) is 18.1 Å². The van der Waals surface area contributed by atoms with Gasteiger partial charge in [-0.3, -0.25) is 4.79 Å². The first-order valence-electron chi connectivity index (χ1n) is 6.93. The van der Waals surface area contributed by atoms with E-state index in [0.717, 1.165) is 30.9 Å². The highest BCUT2D eigenvalue weighted by molar-refractivity contribution is 5.94. The molecule has 2 unspecified atom stereocenters. The number of nitrogens with one attached hydrogen (secondary N) is 1. The van der Waals surface area contributed by atoms with E-state index in [0.29, 0.717) is 5.56 Å². The van der Waals surface area contributed by atoms with Gasteiger partial charge in [-0.15, -0.1) is 0 Å². The monoisotopic (exact) mass is 289 g/mol. The van der Waals surface area contributed by atoms with E-state index < -0.39 is 5.97 Å². The molecule has 2 rings (SSSR count). The molecule has 21 heavy (non-hydrogen) atoms. The van der Waals surface area contributed by atoms with Crippen molar-refractivity contribution >= 4 is 18.0 Å². The molecule has 2 atom stereocenters. The molecule has 1 aliphatic carbocycles. The van der Waals surface area contributed by atoms with Crippen molar-refractivity contribution < 1.29 is 19.4 Å². The Morgan fingerprint density at radius 1 is 1.29 bits per heavy atom. The van der Waals surface area contributed by atoms with Gasteiger partial charge in [0.15, 0.2) is 0 Å². The number of hydrogen-bond acceptors (Lipinski definition) is 3. The van der Waals surface area contributed by atoms with E-state index in [9.17, 15) is 9.59 Å². The van der Waals surface area contributed by atoms with Crippen molar-refractivity contribution in [1.82, 2.24) is 5.32 Å². The zero-order valence-electron chi connectivity index (χ0n) is 11.9. The maximum atomic E-state index is 12.1. The number of methoxy groups -OCH3 is 1. The van der Waals surface area contributed by atoms with Gasteiger partial charge in [0.25, 0.3) is 5.91 Å². The summed E-state index contributed by atoms with van der Waals surface area (Å²) in [5.41, 5.74) is 1.32. The molecule has 0 heterocycles. The van der Waals surface area contributed by atoms with E-state index in [1.807, 2.05) is 0 Å². The average molecular weight is 289 g/mol. The van der Waals surface area contributed by atoms with Crippen LogP contribution in [0.5, 0.6) is 0 Å². The highest BCUT2D eigenvalue weighted by atomic mass is 16.5. The van der Waals surface area contributed by atoms with E-state index >= 15 is 0 Å². The summed E-state index contributed by atoms with van der Waals surface area (Å²) in [4.78, 5) is 22.5. The molecule has 1 fully saturated rings. The van der Waals surface area contributed by atoms with Gasteiger partial charge in [0, 0.05) is 24.8 Å². The van der Waals surface area contributed by atoms with E-state index in [1.54, 1.807) is 31.4 Å². The molecule has 5 heteroatoms. The van der Waals surface area contributed by atoms with Crippen LogP contribution < -0.4 is 5.32 Å². The molecule has 1 amide bonds. The van der Waals surface area contributed by atoms with Gasteiger partial charge in [-0.2, -0.15) is 0 Å². The molecule has 5 nitrogen and oxygen atoms in total. The van der Waals surface area contributed by atoms with Crippen LogP contribution in [0.25, 0.3) is 6.08 Å². The first-order valence-corrected chi connectivity index (χ1v) is 6.93. The Morgan fingerprint density at radius 2 is 2.00 bits per heavy atom. The van der Waals surface area contributed by atoms with E-state index in [2.05, 4.69) is 5.32 Å². The highest BCUT2D eigenvalue weighted by Crippen LogP contribution is 2.21. The summed E-state index contributed by atoms with van der Waals surface area (Å²) >= 11 is 0. The number of amides is 1. The Bertz CT molecular complexity index is 536. The third-order valence-corrected chi connectivity index (χ3v) is 3.64. The average Bonchev–Trinajstić information content (AvgIpc) is 2.93. The van der Waals surface area contributed by atoms with Gasteiger partial charge in [0.2, 0.25) is 0 Å². The molecule has 0 aromatic heterocycles. The number of ether oxygens (including phenoxy) is 1. The first-order chi connectivity index (χ1) is 10.1. The van der Waals surface area contributed by atoms with Crippen LogP contribution in [0.2, 0.25) is 0 Å². The lowest BCUT2D eigenvalue weighted by molar-refractivity contribution is -0.131. The standard InChI is InChI=1S/C16H19NO4/c1-21-14-8-7-13(10-14)17-16(20)12-5-2-11(3-6-12)4-9-15(18)19/h2-6,9,13-14H,7-8,10H2,1H3,(H,17,20)(H,18,19)/b9-4+. The molecular weight excluding hydrogens is 270 g/mol. The van der Waals surface area contributed by atoms with Gasteiger partial charge in [0.05, 0.1) is 6.10 Å². The number of aliphatic carboxylic acids is 1. The van der Waals surface area contributed by atoms with Crippen LogP contribution in [-0.2, 0) is 9.53 Å². The lowest BCUT2D eigenvalue weighted by Gasteiger charge is -2.13. The smallest absolute Gasteiger partial charge is 0.328 e. The maximum absolute atomic E-state index is 12.1. The van der Waals surface area contributed by atoms with Crippen molar-refractivity contribution in [3.05, 3.63) is 41.5 Å². The lowest BCUT2D eigenvalue weighted by atomic mass is 10.1. The Hall–Kier alpha value is -2.14. The molecule has 112 valence electrons. The van der Waals surface area contributed by atoms with Crippen LogP contribution in [-0.4, -0.2) is 36.2 Å². The molecule has 1 aromatic rings. The Kier molecular flexibility index (Phi) is 5.11. The Labute approximate surface area is 123 Å². The fraction of sp³-hybridized carbons (Fsp3) is 0.375. The van der Waals surface area contributed by atoms with Gasteiger partial charge in [-0.25, -0.2) is 4.79 Å². The lowest BCUT2D eigenvalue weighted by Crippen LogP contribution is -2.33. The van der Waals surface area contributed by atoms with Gasteiger partial charge < -0.3 is 15.2 Å². The number of benzene rings is 1. The number of carbonyl (C=O) groups excluding carboxylic acids is 1. The number of rotatable bonds is 5. The fourth-order valence-corrected chi connectivity index (χ4v) is 2.47. The number of carboxylic acids is 1. The second kappa shape index (κ2) is 7.04. The van der Waals surface area contributed by atoms with E-state index in [4.69, 9.17) is 9.84 Å². The minimum atomic E-state index is -0.995. The minimum Gasteiger partial charge on any atom is -0.478 e. The molecule has 1 saturated carbocycles. The van der Waals surface area contributed by atoms with Crippen molar-refractivity contribution in [3.8, 4) is 0 Å². The van der Waals surface area contributed by atoms with Crippen LogP contribution >= 0.6 is 0 Å². The fourth-order valence-electron chi connectivity index (χ4n) is 2.47. The van der Waals surface area contributed by atoms with Crippen molar-refractivity contribution in [2.45, 2.75) is 31.4 Å². The quantitative estimate of drug-likeness (QED) is 0.814. The predicted molar refractivity (Wildman–Crippen MR) is 79.0 cm³/mol. The summed E-state index contributed by atoms with van der Waals surface area (Å²) in [6, 6.07) is 7.00. The predicted octanol–water partition coefficient (Wildman–Crippen LogP) is 2.08. The summed E-state index contributed by atoms with van der Waals surface area (Å²) in [5, 5.41) is 11.6. The third-order valence-electron chi connectivity index (χ3n) is 3.64. The van der Waals surface area contributed by atoms with Crippen molar-refractivity contribution in [2.24, 2.45) is 0 Å². The van der Waals surface area contributed by atoms with Crippen molar-refractivity contribution in [3.63, 3.8) is 0 Å². The Morgan fingerprint density at radius 3 is 2.57 bits per heavy atom. The van der Waals surface area contributed by atoms with E-state index in [1.165, 1.54) is 6.08 Å². The molecule has 0 aliphatic heterocycles. The largest absolute Gasteiger partial charge is 0.478 e. The Balaban J connectivity index is 1.92. The second-order valence-electron chi connectivity index (χ2n) is 5.13. The summed E-state index contributed by atoms with van der Waals surface area (Å²) in [7, 11) is 1.69. The van der Waals surface area contributed by atoms with Gasteiger partial charge in [-0.05, 0) is 43.0 Å².